The Morgan fingerprint density at radius 1 is 1.18 bits per heavy atom. The van der Waals surface area contributed by atoms with Crippen LogP contribution in [0, 0.1) is 6.92 Å². The summed E-state index contributed by atoms with van der Waals surface area (Å²) in [5, 5.41) is 3.61. The first-order valence-electron chi connectivity index (χ1n) is 9.11. The van der Waals surface area contributed by atoms with Crippen LogP contribution in [-0.4, -0.2) is 42.9 Å². The summed E-state index contributed by atoms with van der Waals surface area (Å²) in [5.41, 5.74) is 3.85. The zero-order valence-electron chi connectivity index (χ0n) is 16.6. The van der Waals surface area contributed by atoms with E-state index in [4.69, 9.17) is 9.47 Å². The van der Waals surface area contributed by atoms with E-state index in [0.717, 1.165) is 21.3 Å². The highest BCUT2D eigenvalue weighted by atomic mass is 79.9. The van der Waals surface area contributed by atoms with E-state index in [1.54, 1.807) is 25.8 Å². The Labute approximate surface area is 173 Å². The van der Waals surface area contributed by atoms with Crippen molar-refractivity contribution in [1.29, 1.82) is 0 Å². The molecule has 0 spiro atoms. The molecule has 1 aliphatic heterocycles. The lowest BCUT2D eigenvalue weighted by atomic mass is 10.1. The molecule has 1 N–H and O–H groups in total. The minimum atomic E-state index is -0.126. The van der Waals surface area contributed by atoms with Gasteiger partial charge < -0.3 is 24.3 Å². The highest BCUT2D eigenvalue weighted by molar-refractivity contribution is 9.10. The molecule has 0 saturated heterocycles. The Morgan fingerprint density at radius 3 is 2.39 bits per heavy atom. The maximum atomic E-state index is 12.1. The molecule has 1 unspecified atom stereocenters. The largest absolute Gasteiger partial charge is 0.382 e. The van der Waals surface area contributed by atoms with E-state index in [1.807, 2.05) is 31.3 Å². The van der Waals surface area contributed by atoms with Crippen molar-refractivity contribution in [2.24, 2.45) is 7.05 Å². The quantitative estimate of drug-likeness (QED) is 0.706. The molecule has 0 radical (unpaired) electrons. The van der Waals surface area contributed by atoms with Crippen molar-refractivity contribution in [2.75, 3.05) is 27.4 Å². The monoisotopic (exact) mass is 447 g/mol. The number of nitrogens with zero attached hydrogens (tertiary/aromatic N) is 2. The van der Waals surface area contributed by atoms with Gasteiger partial charge in [-0.15, -0.1) is 0 Å². The predicted octanol–water partition coefficient (Wildman–Crippen LogP) is 3.02. The fraction of sp³-hybridized carbons (Fsp3) is 0.381. The summed E-state index contributed by atoms with van der Waals surface area (Å²) in [5.74, 6) is 0. The van der Waals surface area contributed by atoms with Crippen molar-refractivity contribution in [1.82, 2.24) is 14.8 Å². The lowest BCUT2D eigenvalue weighted by Crippen LogP contribution is -2.41. The van der Waals surface area contributed by atoms with Crippen molar-refractivity contribution in [2.45, 2.75) is 19.1 Å². The maximum absolute atomic E-state index is 12.1. The Balaban J connectivity index is 2.02. The van der Waals surface area contributed by atoms with Crippen LogP contribution in [0.25, 0.3) is 5.70 Å². The second-order valence-corrected chi connectivity index (χ2v) is 7.90. The van der Waals surface area contributed by atoms with Crippen LogP contribution in [0.15, 0.2) is 52.0 Å². The van der Waals surface area contributed by atoms with Crippen LogP contribution in [-0.2, 0) is 16.5 Å². The third-order valence-corrected chi connectivity index (χ3v) is 5.39. The number of rotatable bonds is 7. The predicted molar refractivity (Wildman–Crippen MR) is 114 cm³/mol. The van der Waals surface area contributed by atoms with Crippen LogP contribution in [0.3, 0.4) is 0 Å². The third-order valence-electron chi connectivity index (χ3n) is 4.86. The molecule has 3 rings (SSSR count). The summed E-state index contributed by atoms with van der Waals surface area (Å²) in [4.78, 5) is 14.4. The molecule has 0 fully saturated rings. The molecule has 1 atom stereocenters. The molecule has 6 nitrogen and oxygen atoms in total. The lowest BCUT2D eigenvalue weighted by molar-refractivity contribution is 0.0412. The van der Waals surface area contributed by atoms with Gasteiger partial charge in [0, 0.05) is 49.3 Å². The van der Waals surface area contributed by atoms with Crippen molar-refractivity contribution >= 4 is 21.6 Å². The van der Waals surface area contributed by atoms with E-state index < -0.39 is 0 Å². The van der Waals surface area contributed by atoms with E-state index in [-0.39, 0.29) is 17.8 Å². The zero-order valence-corrected chi connectivity index (χ0v) is 18.2. The molecule has 2 heterocycles. The van der Waals surface area contributed by atoms with E-state index in [2.05, 4.69) is 44.5 Å². The summed E-state index contributed by atoms with van der Waals surface area (Å²) in [6.07, 6.45) is 3.87. The van der Waals surface area contributed by atoms with Crippen LogP contribution in [0.5, 0.6) is 0 Å². The van der Waals surface area contributed by atoms with E-state index >= 15 is 0 Å². The number of hydrogen-bond donors (Lipinski definition) is 1. The summed E-state index contributed by atoms with van der Waals surface area (Å²) in [7, 11) is 5.16. The first kappa shape index (κ1) is 20.6. The molecule has 0 saturated carbocycles. The Hall–Kier alpha value is -2.09. The van der Waals surface area contributed by atoms with Crippen molar-refractivity contribution in [3.8, 4) is 0 Å². The number of nitrogens with one attached hydrogen (secondary N) is 1. The number of ether oxygens (including phenoxy) is 2. The SMILES string of the molecule is COCC(COC)N1C=C(c2ccc(Br)cc2)NC1c1cc(C)c(=O)n(C)c1. The molecule has 28 heavy (non-hydrogen) atoms. The molecule has 0 aliphatic carbocycles. The molecule has 0 bridgehead atoms. The Bertz CT molecular complexity index is 876. The third kappa shape index (κ3) is 4.32. The molecule has 1 aromatic heterocycles. The van der Waals surface area contributed by atoms with Crippen LogP contribution in [0.2, 0.25) is 0 Å². The highest BCUT2D eigenvalue weighted by Gasteiger charge is 2.32. The number of halogens is 1. The molecular formula is C21H26BrN3O3. The number of aryl methyl sites for hydroxylation is 2. The van der Waals surface area contributed by atoms with Crippen LogP contribution >= 0.6 is 15.9 Å². The fourth-order valence-corrected chi connectivity index (χ4v) is 3.77. The van der Waals surface area contributed by atoms with Gasteiger partial charge in [0.2, 0.25) is 0 Å². The zero-order chi connectivity index (χ0) is 20.3. The average molecular weight is 448 g/mol. The van der Waals surface area contributed by atoms with E-state index in [0.29, 0.717) is 18.8 Å². The van der Waals surface area contributed by atoms with Gasteiger partial charge in [0.1, 0.15) is 6.17 Å². The summed E-state index contributed by atoms with van der Waals surface area (Å²) < 4.78 is 13.5. The summed E-state index contributed by atoms with van der Waals surface area (Å²) in [6.45, 7) is 2.90. The van der Waals surface area contributed by atoms with Gasteiger partial charge in [0.05, 0.1) is 25.0 Å². The number of benzene rings is 1. The molecule has 150 valence electrons. The highest BCUT2D eigenvalue weighted by Crippen LogP contribution is 2.32. The smallest absolute Gasteiger partial charge is 0.253 e. The standard InChI is InChI=1S/C21H26BrN3O3/c1-14-9-16(10-24(2)21(14)26)20-23-19(15-5-7-17(22)8-6-15)11-25(20)18(12-27-3)13-28-4/h5-11,18,20,23H,12-13H2,1-4H3. The second kappa shape index (κ2) is 8.94. The van der Waals surface area contributed by atoms with Gasteiger partial charge in [0.25, 0.3) is 5.56 Å². The van der Waals surface area contributed by atoms with Gasteiger partial charge in [-0.3, -0.25) is 4.79 Å². The summed E-state index contributed by atoms with van der Waals surface area (Å²) in [6, 6.07) is 10.1. The number of hydrogen-bond acceptors (Lipinski definition) is 5. The van der Waals surface area contributed by atoms with E-state index in [1.165, 1.54) is 0 Å². The first-order chi connectivity index (χ1) is 13.4. The van der Waals surface area contributed by atoms with Crippen molar-refractivity contribution < 1.29 is 9.47 Å². The molecule has 1 aromatic carbocycles. The fourth-order valence-electron chi connectivity index (χ4n) is 3.51. The number of aromatic nitrogens is 1. The number of pyridine rings is 1. The lowest BCUT2D eigenvalue weighted by Gasteiger charge is -2.33. The van der Waals surface area contributed by atoms with E-state index in [9.17, 15) is 4.79 Å². The first-order valence-corrected chi connectivity index (χ1v) is 9.90. The van der Waals surface area contributed by atoms with Crippen molar-refractivity contribution in [3.05, 3.63) is 74.2 Å². The minimum absolute atomic E-state index is 0.0136. The maximum Gasteiger partial charge on any atom is 0.253 e. The van der Waals surface area contributed by atoms with Gasteiger partial charge in [0.15, 0.2) is 0 Å². The number of methoxy groups -OCH3 is 2. The average Bonchev–Trinajstić information content (AvgIpc) is 3.11. The van der Waals surface area contributed by atoms with Crippen LogP contribution < -0.4 is 10.9 Å². The second-order valence-electron chi connectivity index (χ2n) is 6.98. The van der Waals surface area contributed by atoms with Gasteiger partial charge in [-0.05, 0) is 30.7 Å². The molecule has 2 aromatic rings. The molecule has 1 aliphatic rings. The van der Waals surface area contributed by atoms with Gasteiger partial charge >= 0.3 is 0 Å². The molecule has 0 amide bonds. The Kier molecular flexibility index (Phi) is 6.59. The van der Waals surface area contributed by atoms with Crippen molar-refractivity contribution in [3.63, 3.8) is 0 Å². The normalized spacial score (nSPS) is 16.4. The Morgan fingerprint density at radius 2 is 1.82 bits per heavy atom. The molecular weight excluding hydrogens is 422 g/mol. The van der Waals surface area contributed by atoms with Crippen LogP contribution in [0.4, 0.5) is 0 Å². The van der Waals surface area contributed by atoms with Gasteiger partial charge in [-0.25, -0.2) is 0 Å². The molecule has 7 heteroatoms. The van der Waals surface area contributed by atoms with Gasteiger partial charge in [-0.1, -0.05) is 28.1 Å². The topological polar surface area (TPSA) is 55.7 Å². The minimum Gasteiger partial charge on any atom is -0.382 e. The van der Waals surface area contributed by atoms with Gasteiger partial charge in [-0.2, -0.15) is 0 Å². The van der Waals surface area contributed by atoms with Crippen LogP contribution in [0.1, 0.15) is 22.9 Å². The summed E-state index contributed by atoms with van der Waals surface area (Å²) >= 11 is 3.49.